The van der Waals surface area contributed by atoms with Gasteiger partial charge in [-0.1, -0.05) is 59.6 Å². The lowest BCUT2D eigenvalue weighted by Crippen LogP contribution is -2.55. The number of Topliss-reactive ketones (excluding diaryl/α,β-unsaturated/α-hetero) is 1. The van der Waals surface area contributed by atoms with Crippen molar-refractivity contribution < 1.29 is 14.7 Å². The highest BCUT2D eigenvalue weighted by Gasteiger charge is 2.61. The Kier molecular flexibility index (Phi) is 6.38. The highest BCUT2D eigenvalue weighted by Crippen LogP contribution is 2.57. The number of carbonyl (C=O) groups excluding carboxylic acids is 1. The van der Waals surface area contributed by atoms with E-state index in [0.29, 0.717) is 48.0 Å². The van der Waals surface area contributed by atoms with E-state index in [0.717, 1.165) is 12.0 Å². The van der Waals surface area contributed by atoms with Gasteiger partial charge in [0.1, 0.15) is 5.78 Å². The van der Waals surface area contributed by atoms with E-state index in [4.69, 9.17) is 28.9 Å². The summed E-state index contributed by atoms with van der Waals surface area (Å²) in [6.07, 6.45) is 2.31. The molecule has 5 nitrogen and oxygen atoms in total. The fourth-order valence-corrected chi connectivity index (χ4v) is 5.72. The monoisotopic (exact) mass is 474 g/mol. The summed E-state index contributed by atoms with van der Waals surface area (Å²) in [5, 5.41) is 10.8. The first-order valence-corrected chi connectivity index (χ1v) is 11.7. The van der Waals surface area contributed by atoms with Gasteiger partial charge in [-0.05, 0) is 68.3 Å². The summed E-state index contributed by atoms with van der Waals surface area (Å²) in [5.41, 5.74) is 6.79. The number of aliphatic carboxylic acids is 1. The van der Waals surface area contributed by atoms with Crippen molar-refractivity contribution in [2.24, 2.45) is 11.7 Å². The van der Waals surface area contributed by atoms with E-state index in [9.17, 15) is 14.7 Å². The van der Waals surface area contributed by atoms with Gasteiger partial charge in [0.05, 0.1) is 27.0 Å². The van der Waals surface area contributed by atoms with Crippen LogP contribution >= 0.6 is 23.2 Å². The van der Waals surface area contributed by atoms with Gasteiger partial charge >= 0.3 is 5.97 Å². The van der Waals surface area contributed by atoms with E-state index in [1.54, 1.807) is 25.1 Å². The number of hydrogen-bond donors (Lipinski definition) is 2. The highest BCUT2D eigenvalue weighted by molar-refractivity contribution is 6.42. The topological polar surface area (TPSA) is 83.6 Å². The highest BCUT2D eigenvalue weighted by atomic mass is 35.5. The van der Waals surface area contributed by atoms with Gasteiger partial charge in [-0.3, -0.25) is 14.5 Å². The Bertz CT molecular complexity index is 1030. The number of carbonyl (C=O) groups is 2. The zero-order valence-corrected chi connectivity index (χ0v) is 19.6. The minimum absolute atomic E-state index is 0.0121. The van der Waals surface area contributed by atoms with Crippen LogP contribution in [0.5, 0.6) is 0 Å². The van der Waals surface area contributed by atoms with Crippen molar-refractivity contribution >= 4 is 35.0 Å². The van der Waals surface area contributed by atoms with Crippen molar-refractivity contribution in [1.29, 1.82) is 0 Å². The quantitative estimate of drug-likeness (QED) is 0.610. The molecule has 1 saturated carbocycles. The molecule has 2 fully saturated rings. The second-order valence-corrected chi connectivity index (χ2v) is 9.97. The van der Waals surface area contributed by atoms with Crippen molar-refractivity contribution in [2.75, 3.05) is 13.1 Å². The van der Waals surface area contributed by atoms with E-state index >= 15 is 0 Å². The number of carboxylic acid groups (broad SMARTS) is 1. The maximum absolute atomic E-state index is 12.7. The Morgan fingerprint density at radius 1 is 1.09 bits per heavy atom. The molecule has 0 bridgehead atoms. The largest absolute Gasteiger partial charge is 0.481 e. The van der Waals surface area contributed by atoms with Crippen molar-refractivity contribution in [1.82, 2.24) is 4.90 Å². The standard InChI is InChI=1S/C25H28Cl2N2O3/c1-16(30)24(17-5-3-2-4-6-17)10-12-29(22(28)15-24)11-9-19-14-25(19,23(31)32)18-7-8-20(26)21(27)13-18/h2-8,13,19,22H,9-12,14-15,28H2,1H3,(H,31,32)/t19-,22?,24?,25+/m0/s1. The molecule has 1 aliphatic heterocycles. The van der Waals surface area contributed by atoms with E-state index in [1.807, 2.05) is 30.3 Å². The predicted molar refractivity (Wildman–Crippen MR) is 126 cm³/mol. The van der Waals surface area contributed by atoms with Gasteiger partial charge < -0.3 is 10.8 Å². The number of rotatable bonds is 7. The summed E-state index contributed by atoms with van der Waals surface area (Å²) in [4.78, 5) is 27.0. The van der Waals surface area contributed by atoms with Crippen LogP contribution in [0.3, 0.4) is 0 Å². The molecule has 1 saturated heterocycles. The number of halogens is 2. The van der Waals surface area contributed by atoms with Crippen LogP contribution in [0.2, 0.25) is 10.0 Å². The first kappa shape index (κ1) is 23.2. The lowest BCUT2D eigenvalue weighted by atomic mass is 9.69. The number of ketones is 1. The molecule has 3 N–H and O–H groups in total. The molecular weight excluding hydrogens is 447 g/mol. The normalized spacial score (nSPS) is 30.1. The van der Waals surface area contributed by atoms with Gasteiger partial charge in [0, 0.05) is 6.54 Å². The van der Waals surface area contributed by atoms with Gasteiger partial charge in [0.25, 0.3) is 0 Å². The van der Waals surface area contributed by atoms with Crippen LogP contribution in [0.25, 0.3) is 0 Å². The molecule has 7 heteroatoms. The Morgan fingerprint density at radius 2 is 1.81 bits per heavy atom. The molecule has 1 heterocycles. The summed E-state index contributed by atoms with van der Waals surface area (Å²) in [5.74, 6) is -0.674. The molecule has 2 unspecified atom stereocenters. The number of carboxylic acids is 1. The maximum atomic E-state index is 12.7. The lowest BCUT2D eigenvalue weighted by molar-refractivity contribution is -0.140. The zero-order chi connectivity index (χ0) is 23.1. The van der Waals surface area contributed by atoms with Crippen LogP contribution in [0.15, 0.2) is 48.5 Å². The number of nitrogens with zero attached hydrogens (tertiary/aromatic N) is 1. The molecular formula is C25H28Cl2N2O3. The summed E-state index contributed by atoms with van der Waals surface area (Å²) in [7, 11) is 0. The van der Waals surface area contributed by atoms with Crippen LogP contribution in [-0.2, 0) is 20.4 Å². The van der Waals surface area contributed by atoms with Crippen molar-refractivity contribution in [3.8, 4) is 0 Å². The minimum Gasteiger partial charge on any atom is -0.481 e. The van der Waals surface area contributed by atoms with Gasteiger partial charge in [0.15, 0.2) is 0 Å². The molecule has 1 aliphatic carbocycles. The predicted octanol–water partition coefficient (Wildman–Crippen LogP) is 4.63. The van der Waals surface area contributed by atoms with Crippen molar-refractivity contribution in [3.05, 3.63) is 69.7 Å². The van der Waals surface area contributed by atoms with Gasteiger partial charge in [-0.2, -0.15) is 0 Å². The smallest absolute Gasteiger partial charge is 0.314 e. The molecule has 0 spiro atoms. The van der Waals surface area contributed by atoms with Crippen molar-refractivity contribution in [3.63, 3.8) is 0 Å². The number of piperidine rings is 1. The molecule has 0 aromatic heterocycles. The van der Waals surface area contributed by atoms with Crippen molar-refractivity contribution in [2.45, 2.75) is 49.6 Å². The van der Waals surface area contributed by atoms with Crippen LogP contribution in [0, 0.1) is 5.92 Å². The minimum atomic E-state index is -0.915. The average molecular weight is 475 g/mol. The van der Waals surface area contributed by atoms with E-state index in [-0.39, 0.29) is 17.9 Å². The second kappa shape index (κ2) is 8.79. The van der Waals surface area contributed by atoms with Crippen LogP contribution in [0.1, 0.15) is 43.7 Å². The number of likely N-dealkylation sites (tertiary alicyclic amines) is 1. The Balaban J connectivity index is 1.44. The maximum Gasteiger partial charge on any atom is 0.314 e. The first-order valence-electron chi connectivity index (χ1n) is 11.0. The second-order valence-electron chi connectivity index (χ2n) is 9.16. The number of hydrogen-bond acceptors (Lipinski definition) is 4. The van der Waals surface area contributed by atoms with E-state index in [1.165, 1.54) is 0 Å². The Morgan fingerprint density at radius 3 is 2.41 bits per heavy atom. The van der Waals surface area contributed by atoms with E-state index < -0.39 is 16.8 Å². The molecule has 4 rings (SSSR count). The molecule has 170 valence electrons. The first-order chi connectivity index (χ1) is 15.2. The SMILES string of the molecule is CC(=O)C1(c2ccccc2)CCN(CC[C@H]2C[C@@]2(C(=O)O)c2ccc(Cl)c(Cl)c2)C(N)C1. The zero-order valence-electron chi connectivity index (χ0n) is 18.1. The molecule has 4 atom stereocenters. The van der Waals surface area contributed by atoms with E-state index in [2.05, 4.69) is 4.90 Å². The molecule has 2 aromatic rings. The molecule has 0 radical (unpaired) electrons. The molecule has 2 aromatic carbocycles. The summed E-state index contributed by atoms with van der Waals surface area (Å²) >= 11 is 12.2. The molecule has 32 heavy (non-hydrogen) atoms. The summed E-state index contributed by atoms with van der Waals surface area (Å²) in [6.45, 7) is 3.05. The Labute approximate surface area is 198 Å². The molecule has 0 amide bonds. The van der Waals surface area contributed by atoms with Crippen LogP contribution < -0.4 is 5.73 Å². The number of benzene rings is 2. The Hall–Kier alpha value is -1.92. The summed E-state index contributed by atoms with van der Waals surface area (Å²) in [6, 6.07) is 15.0. The summed E-state index contributed by atoms with van der Waals surface area (Å²) < 4.78 is 0. The van der Waals surface area contributed by atoms with Gasteiger partial charge in [-0.25, -0.2) is 0 Å². The third kappa shape index (κ3) is 3.96. The molecule has 2 aliphatic rings. The average Bonchev–Trinajstić information content (AvgIpc) is 3.51. The third-order valence-corrected chi connectivity index (χ3v) is 8.28. The lowest BCUT2D eigenvalue weighted by Gasteiger charge is -2.44. The van der Waals surface area contributed by atoms with Crippen LogP contribution in [0.4, 0.5) is 0 Å². The number of nitrogens with two attached hydrogens (primary N) is 1. The van der Waals surface area contributed by atoms with Crippen LogP contribution in [-0.4, -0.2) is 41.0 Å². The third-order valence-electron chi connectivity index (χ3n) is 7.54. The van der Waals surface area contributed by atoms with Gasteiger partial charge in [0.2, 0.25) is 0 Å². The fourth-order valence-electron chi connectivity index (χ4n) is 5.42. The fraction of sp³-hybridized carbons (Fsp3) is 0.440. The van der Waals surface area contributed by atoms with Gasteiger partial charge in [-0.15, -0.1) is 0 Å².